The summed E-state index contributed by atoms with van der Waals surface area (Å²) in [6.45, 7) is 0. The minimum Gasteiger partial charge on any atom is -0.497 e. The molecule has 5 N–H and O–H groups in total. The number of halogens is 2. The SMILES string of the molecule is COc1ccc(-c2cc3c(N[C@@H]4CC[C@H](N)C4)c(C(N)=Nc4ccccc4Cl)cnn3c2)c(Cl)c1. The van der Waals surface area contributed by atoms with Crippen LogP contribution in [0.25, 0.3) is 16.6 Å². The number of benzene rings is 2. The van der Waals surface area contributed by atoms with E-state index in [0.29, 0.717) is 32.9 Å². The highest BCUT2D eigenvalue weighted by atomic mass is 35.5. The number of hydrogen-bond donors (Lipinski definition) is 3. The van der Waals surface area contributed by atoms with Crippen LogP contribution in [-0.4, -0.2) is 34.6 Å². The summed E-state index contributed by atoms with van der Waals surface area (Å²) < 4.78 is 7.11. The molecule has 2 aromatic heterocycles. The number of nitrogens with two attached hydrogens (primary N) is 2. The maximum atomic E-state index is 6.56. The third kappa shape index (κ3) is 4.80. The van der Waals surface area contributed by atoms with Crippen molar-refractivity contribution in [2.24, 2.45) is 16.5 Å². The first kappa shape index (κ1) is 23.5. The zero-order valence-electron chi connectivity index (χ0n) is 19.2. The van der Waals surface area contributed by atoms with E-state index in [0.717, 1.165) is 41.6 Å². The van der Waals surface area contributed by atoms with Gasteiger partial charge in [0.2, 0.25) is 0 Å². The Morgan fingerprint density at radius 3 is 2.69 bits per heavy atom. The van der Waals surface area contributed by atoms with Gasteiger partial charge < -0.3 is 21.5 Å². The molecule has 5 rings (SSSR count). The highest BCUT2D eigenvalue weighted by Crippen LogP contribution is 2.35. The zero-order chi connectivity index (χ0) is 24.5. The second-order valence-corrected chi connectivity index (χ2v) is 9.51. The van der Waals surface area contributed by atoms with Crippen molar-refractivity contribution in [3.05, 3.63) is 76.5 Å². The number of aromatic nitrogens is 2. The molecule has 0 radical (unpaired) electrons. The number of rotatable bonds is 6. The Morgan fingerprint density at radius 1 is 1.14 bits per heavy atom. The fraction of sp³-hybridized carbons (Fsp3) is 0.231. The second-order valence-electron chi connectivity index (χ2n) is 8.70. The van der Waals surface area contributed by atoms with Crippen molar-refractivity contribution in [3.63, 3.8) is 0 Å². The van der Waals surface area contributed by atoms with Gasteiger partial charge in [-0.3, -0.25) is 0 Å². The molecule has 9 heteroatoms. The van der Waals surface area contributed by atoms with E-state index in [2.05, 4.69) is 15.4 Å². The van der Waals surface area contributed by atoms with Gasteiger partial charge in [0.05, 0.1) is 45.8 Å². The molecule has 4 aromatic rings. The average molecular weight is 509 g/mol. The van der Waals surface area contributed by atoms with Crippen molar-refractivity contribution in [1.29, 1.82) is 0 Å². The molecule has 0 bridgehead atoms. The van der Waals surface area contributed by atoms with Crippen LogP contribution in [0.2, 0.25) is 10.0 Å². The molecule has 2 heterocycles. The second kappa shape index (κ2) is 9.77. The lowest BCUT2D eigenvalue weighted by Crippen LogP contribution is -2.24. The first-order valence-corrected chi connectivity index (χ1v) is 12.1. The van der Waals surface area contributed by atoms with Crippen LogP contribution in [0.3, 0.4) is 0 Å². The van der Waals surface area contributed by atoms with E-state index < -0.39 is 0 Å². The molecule has 0 amide bonds. The molecule has 1 aliphatic carbocycles. The van der Waals surface area contributed by atoms with Gasteiger partial charge in [-0.1, -0.05) is 35.3 Å². The topological polar surface area (TPSA) is 103 Å². The van der Waals surface area contributed by atoms with Crippen LogP contribution in [0.1, 0.15) is 24.8 Å². The molecule has 1 saturated carbocycles. The van der Waals surface area contributed by atoms with Crippen molar-refractivity contribution in [2.45, 2.75) is 31.3 Å². The summed E-state index contributed by atoms with van der Waals surface area (Å²) in [5.41, 5.74) is 17.5. The molecule has 0 aliphatic heterocycles. The van der Waals surface area contributed by atoms with Crippen LogP contribution >= 0.6 is 23.2 Å². The van der Waals surface area contributed by atoms with Gasteiger partial charge in [-0.05, 0) is 55.7 Å². The van der Waals surface area contributed by atoms with Gasteiger partial charge in [-0.2, -0.15) is 5.10 Å². The van der Waals surface area contributed by atoms with E-state index in [9.17, 15) is 0 Å². The lowest BCUT2D eigenvalue weighted by atomic mass is 10.1. The first-order valence-electron chi connectivity index (χ1n) is 11.4. The van der Waals surface area contributed by atoms with E-state index in [1.54, 1.807) is 25.4 Å². The molecule has 35 heavy (non-hydrogen) atoms. The minimum absolute atomic E-state index is 0.184. The van der Waals surface area contributed by atoms with Gasteiger partial charge in [0.15, 0.2) is 0 Å². The van der Waals surface area contributed by atoms with Crippen molar-refractivity contribution in [3.8, 4) is 16.9 Å². The summed E-state index contributed by atoms with van der Waals surface area (Å²) in [4.78, 5) is 4.60. The number of para-hydroxylation sites is 1. The largest absolute Gasteiger partial charge is 0.497 e. The van der Waals surface area contributed by atoms with E-state index in [1.807, 2.05) is 47.1 Å². The predicted molar refractivity (Wildman–Crippen MR) is 143 cm³/mol. The Balaban J connectivity index is 1.63. The molecule has 180 valence electrons. The Bertz CT molecular complexity index is 1420. The van der Waals surface area contributed by atoms with Crippen LogP contribution in [0.4, 0.5) is 11.4 Å². The van der Waals surface area contributed by atoms with Gasteiger partial charge in [0.25, 0.3) is 0 Å². The number of nitrogens with one attached hydrogen (secondary N) is 1. The van der Waals surface area contributed by atoms with Crippen molar-refractivity contribution < 1.29 is 4.74 Å². The van der Waals surface area contributed by atoms with Crippen LogP contribution in [0.15, 0.2) is 65.9 Å². The summed E-state index contributed by atoms with van der Waals surface area (Å²) in [6.07, 6.45) is 6.51. The first-order chi connectivity index (χ1) is 16.9. The van der Waals surface area contributed by atoms with Gasteiger partial charge >= 0.3 is 0 Å². The smallest absolute Gasteiger partial charge is 0.135 e. The number of amidine groups is 1. The van der Waals surface area contributed by atoms with Gasteiger partial charge in [-0.15, -0.1) is 0 Å². The quantitative estimate of drug-likeness (QED) is 0.230. The Hall–Kier alpha value is -3.26. The molecular weight excluding hydrogens is 483 g/mol. The number of aliphatic imine (C=N–C) groups is 1. The van der Waals surface area contributed by atoms with Crippen LogP contribution in [-0.2, 0) is 0 Å². The Kier molecular flexibility index (Phi) is 6.56. The molecule has 0 saturated heterocycles. The fourth-order valence-corrected chi connectivity index (χ4v) is 4.95. The lowest BCUT2D eigenvalue weighted by Gasteiger charge is -2.18. The monoisotopic (exact) mass is 508 g/mol. The maximum absolute atomic E-state index is 6.56. The number of hydrogen-bond acceptors (Lipinski definition) is 5. The molecule has 2 aromatic carbocycles. The Labute approximate surface area is 213 Å². The average Bonchev–Trinajstić information content (AvgIpc) is 3.46. The van der Waals surface area contributed by atoms with E-state index >= 15 is 0 Å². The molecule has 1 aliphatic rings. The molecule has 1 fully saturated rings. The van der Waals surface area contributed by atoms with E-state index in [4.69, 9.17) is 39.4 Å². The van der Waals surface area contributed by atoms with E-state index in [-0.39, 0.29) is 12.1 Å². The van der Waals surface area contributed by atoms with Gasteiger partial charge in [0, 0.05) is 29.4 Å². The highest BCUT2D eigenvalue weighted by Gasteiger charge is 2.24. The van der Waals surface area contributed by atoms with Crippen molar-refractivity contribution in [1.82, 2.24) is 9.61 Å². The molecule has 0 unspecified atom stereocenters. The predicted octanol–water partition coefficient (Wildman–Crippen LogP) is 5.65. The summed E-state index contributed by atoms with van der Waals surface area (Å²) in [5, 5.41) is 9.41. The zero-order valence-corrected chi connectivity index (χ0v) is 20.7. The van der Waals surface area contributed by atoms with Crippen LogP contribution < -0.4 is 21.5 Å². The number of nitrogens with zero attached hydrogens (tertiary/aromatic N) is 3. The molecular formula is C26H26Cl2N6O. The number of methoxy groups -OCH3 is 1. The summed E-state index contributed by atoms with van der Waals surface area (Å²) in [5.74, 6) is 1.02. The summed E-state index contributed by atoms with van der Waals surface area (Å²) >= 11 is 12.9. The molecule has 2 atom stereocenters. The number of ether oxygens (including phenoxy) is 1. The van der Waals surface area contributed by atoms with Crippen molar-refractivity contribution in [2.75, 3.05) is 12.4 Å². The number of fused-ring (bicyclic) bond motifs is 1. The fourth-order valence-electron chi connectivity index (χ4n) is 4.49. The summed E-state index contributed by atoms with van der Waals surface area (Å²) in [6, 6.07) is 15.4. The highest BCUT2D eigenvalue weighted by molar-refractivity contribution is 6.33. The van der Waals surface area contributed by atoms with Crippen LogP contribution in [0, 0.1) is 0 Å². The Morgan fingerprint density at radius 2 is 1.97 bits per heavy atom. The molecule has 7 nitrogen and oxygen atoms in total. The maximum Gasteiger partial charge on any atom is 0.135 e. The summed E-state index contributed by atoms with van der Waals surface area (Å²) in [7, 11) is 1.62. The van der Waals surface area contributed by atoms with Gasteiger partial charge in [0.1, 0.15) is 11.6 Å². The number of anilines is 1. The third-order valence-electron chi connectivity index (χ3n) is 6.32. The van der Waals surface area contributed by atoms with Crippen molar-refractivity contribution >= 4 is 45.9 Å². The molecule has 0 spiro atoms. The normalized spacial score (nSPS) is 18.2. The van der Waals surface area contributed by atoms with E-state index in [1.165, 1.54) is 0 Å². The van der Waals surface area contributed by atoms with Crippen LogP contribution in [0.5, 0.6) is 5.75 Å². The minimum atomic E-state index is 0.184. The third-order valence-corrected chi connectivity index (χ3v) is 6.95. The lowest BCUT2D eigenvalue weighted by molar-refractivity contribution is 0.415. The van der Waals surface area contributed by atoms with Gasteiger partial charge in [-0.25, -0.2) is 9.51 Å². The standard InChI is InChI=1S/C26H26Cl2N6O/c1-35-18-8-9-19(22(28)12-18)15-10-24-25(32-17-7-6-16(29)11-17)20(13-31-34(24)14-15)26(30)33-23-5-3-2-4-21(23)27/h2-5,8-10,12-14,16-17,32H,6-7,11,29H2,1H3,(H2,30,33)/t16-,17+/m0/s1.